The maximum atomic E-state index is 7.72. The minimum absolute atomic E-state index is 0.474. The SMILES string of the molecule is [C-]#[N+]c1ccc2c(oc3ccc(C)c(-c4ccc(C(C)C)c[n+]4C)c32)c1-c1ccccc1. The molecule has 32 heavy (non-hydrogen) atoms. The molecule has 2 heterocycles. The highest BCUT2D eigenvalue weighted by Crippen LogP contribution is 2.44. The number of rotatable bonds is 3. The molecule has 0 aliphatic rings. The summed E-state index contributed by atoms with van der Waals surface area (Å²) in [4.78, 5) is 3.79. The zero-order chi connectivity index (χ0) is 22.4. The maximum absolute atomic E-state index is 7.72. The van der Waals surface area contributed by atoms with E-state index < -0.39 is 0 Å². The zero-order valence-electron chi connectivity index (χ0n) is 18.8. The number of benzene rings is 3. The molecule has 2 aromatic heterocycles. The van der Waals surface area contributed by atoms with Crippen molar-refractivity contribution in [1.29, 1.82) is 0 Å². The summed E-state index contributed by atoms with van der Waals surface area (Å²) in [6.07, 6.45) is 2.22. The maximum Gasteiger partial charge on any atom is 0.213 e. The highest BCUT2D eigenvalue weighted by atomic mass is 16.3. The third-order valence-electron chi connectivity index (χ3n) is 6.25. The van der Waals surface area contributed by atoms with Gasteiger partial charge < -0.3 is 4.42 Å². The summed E-state index contributed by atoms with van der Waals surface area (Å²) >= 11 is 0. The average Bonchev–Trinajstić information content (AvgIpc) is 3.18. The molecule has 0 unspecified atom stereocenters. The van der Waals surface area contributed by atoms with Crippen LogP contribution in [0.5, 0.6) is 0 Å². The van der Waals surface area contributed by atoms with Gasteiger partial charge in [0.15, 0.2) is 11.9 Å². The highest BCUT2D eigenvalue weighted by molar-refractivity contribution is 6.17. The fourth-order valence-corrected chi connectivity index (χ4v) is 4.56. The van der Waals surface area contributed by atoms with Gasteiger partial charge in [0.1, 0.15) is 18.2 Å². The number of furan rings is 1. The molecule has 0 spiro atoms. The molecule has 0 amide bonds. The lowest BCUT2D eigenvalue weighted by molar-refractivity contribution is -0.660. The number of aromatic nitrogens is 1. The summed E-state index contributed by atoms with van der Waals surface area (Å²) in [6.45, 7) is 14.3. The Morgan fingerprint density at radius 2 is 1.69 bits per heavy atom. The summed E-state index contributed by atoms with van der Waals surface area (Å²) in [5, 5.41) is 2.14. The summed E-state index contributed by atoms with van der Waals surface area (Å²) in [6, 6.07) is 22.6. The van der Waals surface area contributed by atoms with Crippen molar-refractivity contribution in [3.05, 3.63) is 95.5 Å². The monoisotopic (exact) mass is 417 g/mol. The molecular weight excluding hydrogens is 392 g/mol. The molecule has 3 heteroatoms. The van der Waals surface area contributed by atoms with Crippen LogP contribution in [0.1, 0.15) is 30.9 Å². The van der Waals surface area contributed by atoms with Gasteiger partial charge in [-0.1, -0.05) is 62.4 Å². The third kappa shape index (κ3) is 3.08. The van der Waals surface area contributed by atoms with Crippen molar-refractivity contribution in [2.45, 2.75) is 26.7 Å². The van der Waals surface area contributed by atoms with Crippen molar-refractivity contribution in [2.24, 2.45) is 7.05 Å². The van der Waals surface area contributed by atoms with Crippen molar-refractivity contribution in [2.75, 3.05) is 0 Å². The molecule has 0 radical (unpaired) electrons. The van der Waals surface area contributed by atoms with Crippen LogP contribution in [0.25, 0.3) is 49.2 Å². The highest BCUT2D eigenvalue weighted by Gasteiger charge is 2.23. The van der Waals surface area contributed by atoms with E-state index in [2.05, 4.69) is 61.6 Å². The normalized spacial score (nSPS) is 11.4. The number of aryl methyl sites for hydroxylation is 2. The van der Waals surface area contributed by atoms with Crippen molar-refractivity contribution in [3.8, 4) is 22.4 Å². The second-order valence-electron chi connectivity index (χ2n) is 8.66. The van der Waals surface area contributed by atoms with Crippen LogP contribution in [0.4, 0.5) is 5.69 Å². The van der Waals surface area contributed by atoms with Crippen molar-refractivity contribution in [1.82, 2.24) is 0 Å². The molecular formula is C29H25N2O+. The first-order valence-corrected chi connectivity index (χ1v) is 10.9. The van der Waals surface area contributed by atoms with Gasteiger partial charge in [-0.25, -0.2) is 9.41 Å². The molecule has 5 rings (SSSR count). The quantitative estimate of drug-likeness (QED) is 0.217. The van der Waals surface area contributed by atoms with Gasteiger partial charge in [0.05, 0.1) is 12.1 Å². The summed E-state index contributed by atoms with van der Waals surface area (Å²) < 4.78 is 8.66. The van der Waals surface area contributed by atoms with Crippen molar-refractivity contribution < 1.29 is 8.98 Å². The van der Waals surface area contributed by atoms with Crippen LogP contribution < -0.4 is 4.57 Å². The summed E-state index contributed by atoms with van der Waals surface area (Å²) in [5.74, 6) is 0.474. The van der Waals surface area contributed by atoms with Crippen molar-refractivity contribution in [3.63, 3.8) is 0 Å². The lowest BCUT2D eigenvalue weighted by Gasteiger charge is -2.09. The molecule has 0 fully saturated rings. The first-order valence-electron chi connectivity index (χ1n) is 10.9. The molecule has 0 atom stereocenters. The molecule has 3 nitrogen and oxygen atoms in total. The van der Waals surface area contributed by atoms with E-state index in [0.717, 1.165) is 38.8 Å². The fraction of sp³-hybridized carbons (Fsp3) is 0.172. The zero-order valence-corrected chi connectivity index (χ0v) is 18.8. The predicted molar refractivity (Wildman–Crippen MR) is 131 cm³/mol. The van der Waals surface area contributed by atoms with Gasteiger partial charge in [0.25, 0.3) is 0 Å². The molecule has 0 aliphatic carbocycles. The van der Waals surface area contributed by atoms with Gasteiger partial charge in [-0.2, -0.15) is 0 Å². The van der Waals surface area contributed by atoms with E-state index in [-0.39, 0.29) is 0 Å². The van der Waals surface area contributed by atoms with E-state index in [4.69, 9.17) is 11.0 Å². The van der Waals surface area contributed by atoms with E-state index in [1.54, 1.807) is 0 Å². The molecule has 156 valence electrons. The Balaban J connectivity index is 1.88. The lowest BCUT2D eigenvalue weighted by Crippen LogP contribution is -2.31. The molecule has 0 aliphatic heterocycles. The van der Waals surface area contributed by atoms with Gasteiger partial charge >= 0.3 is 0 Å². The number of hydrogen-bond donors (Lipinski definition) is 0. The minimum atomic E-state index is 0.474. The van der Waals surface area contributed by atoms with Crippen LogP contribution in [-0.4, -0.2) is 0 Å². The molecule has 0 saturated carbocycles. The van der Waals surface area contributed by atoms with Gasteiger partial charge in [-0.3, -0.25) is 0 Å². The first-order chi connectivity index (χ1) is 15.5. The second-order valence-corrected chi connectivity index (χ2v) is 8.66. The second kappa shape index (κ2) is 7.66. The number of fused-ring (bicyclic) bond motifs is 3. The molecule has 5 aromatic rings. The number of hydrogen-bond acceptors (Lipinski definition) is 1. The van der Waals surface area contributed by atoms with Crippen LogP contribution >= 0.6 is 0 Å². The Kier molecular flexibility index (Phi) is 4.79. The van der Waals surface area contributed by atoms with E-state index in [1.165, 1.54) is 16.7 Å². The van der Waals surface area contributed by atoms with Crippen LogP contribution in [0.3, 0.4) is 0 Å². The average molecular weight is 418 g/mol. The molecule has 0 saturated heterocycles. The summed E-state index contributed by atoms with van der Waals surface area (Å²) in [7, 11) is 2.11. The van der Waals surface area contributed by atoms with E-state index in [9.17, 15) is 0 Å². The van der Waals surface area contributed by atoms with E-state index in [0.29, 0.717) is 11.6 Å². The van der Waals surface area contributed by atoms with Gasteiger partial charge in [0.2, 0.25) is 5.69 Å². The number of nitrogens with zero attached hydrogens (tertiary/aromatic N) is 2. The van der Waals surface area contributed by atoms with Crippen LogP contribution in [-0.2, 0) is 7.05 Å². The Morgan fingerprint density at radius 3 is 2.38 bits per heavy atom. The standard InChI is InChI=1S/C29H25N2O/c1-18(2)21-12-15-24(31(5)17-21)26-19(3)11-16-25-28(26)22-13-14-23(30-4)27(29(22)32-25)20-9-7-6-8-10-20/h6-18H,1-3,5H3/q+1. The topological polar surface area (TPSA) is 21.4 Å². The van der Waals surface area contributed by atoms with E-state index >= 15 is 0 Å². The summed E-state index contributed by atoms with van der Waals surface area (Å²) in [5.41, 5.74) is 8.90. The van der Waals surface area contributed by atoms with E-state index in [1.807, 2.05) is 48.5 Å². The Morgan fingerprint density at radius 1 is 0.906 bits per heavy atom. The Bertz CT molecular complexity index is 1520. The lowest BCUT2D eigenvalue weighted by atomic mass is 9.95. The third-order valence-corrected chi connectivity index (χ3v) is 6.25. The van der Waals surface area contributed by atoms with Crippen molar-refractivity contribution >= 4 is 27.6 Å². The smallest absolute Gasteiger partial charge is 0.213 e. The number of pyridine rings is 1. The van der Waals surface area contributed by atoms with Crippen LogP contribution in [0.2, 0.25) is 0 Å². The Labute approximate surface area is 188 Å². The molecule has 3 aromatic carbocycles. The van der Waals surface area contributed by atoms with Crippen LogP contribution in [0.15, 0.2) is 77.3 Å². The predicted octanol–water partition coefficient (Wildman–Crippen LogP) is 7.73. The fourth-order valence-electron chi connectivity index (χ4n) is 4.56. The van der Waals surface area contributed by atoms with Crippen LogP contribution in [0, 0.1) is 13.5 Å². The van der Waals surface area contributed by atoms with Gasteiger partial charge in [0, 0.05) is 28.0 Å². The molecule has 0 bridgehead atoms. The van der Waals surface area contributed by atoms with Gasteiger partial charge in [-0.05, 0) is 36.1 Å². The van der Waals surface area contributed by atoms with Gasteiger partial charge in [-0.15, -0.1) is 0 Å². The first kappa shape index (κ1) is 20.0. The minimum Gasteiger partial charge on any atom is -0.457 e. The largest absolute Gasteiger partial charge is 0.457 e. The Hall–Kier alpha value is -3.90. The molecule has 0 N–H and O–H groups in total.